The number of esters is 1. The molecule has 1 atom stereocenters. The van der Waals surface area contributed by atoms with Crippen molar-refractivity contribution in [3.8, 4) is 0 Å². The minimum Gasteiger partial charge on any atom is -0.458 e. The van der Waals surface area contributed by atoms with Crippen LogP contribution in [0.25, 0.3) is 0 Å². The smallest absolute Gasteiger partial charge is 0.328 e. The molecule has 0 aliphatic rings. The summed E-state index contributed by atoms with van der Waals surface area (Å²) in [5.41, 5.74) is -0.567. The number of carbonyl (C=O) groups is 2. The minimum absolute atomic E-state index is 0.0210. The third kappa shape index (κ3) is 4.94. The number of hydrogen-bond acceptors (Lipinski definition) is 5. The van der Waals surface area contributed by atoms with Crippen LogP contribution in [0.5, 0.6) is 0 Å². The van der Waals surface area contributed by atoms with Crippen molar-refractivity contribution in [2.45, 2.75) is 45.9 Å². The summed E-state index contributed by atoms with van der Waals surface area (Å²) < 4.78 is 6.52. The van der Waals surface area contributed by atoms with Crippen LogP contribution < -0.4 is 5.32 Å². The second-order valence-corrected chi connectivity index (χ2v) is 4.92. The van der Waals surface area contributed by atoms with E-state index in [9.17, 15) is 9.59 Å². The highest BCUT2D eigenvalue weighted by Crippen LogP contribution is 2.08. The SMILES string of the molecule is C[C@@H](NC(=O)Cn1ccnn1)C(=O)OC(C)(C)C. The Labute approximate surface area is 105 Å². The van der Waals surface area contributed by atoms with Gasteiger partial charge < -0.3 is 10.1 Å². The first-order chi connectivity index (χ1) is 8.28. The van der Waals surface area contributed by atoms with Gasteiger partial charge in [-0.3, -0.25) is 4.79 Å². The molecule has 0 spiro atoms. The van der Waals surface area contributed by atoms with E-state index in [0.717, 1.165) is 0 Å². The molecule has 0 bridgehead atoms. The van der Waals surface area contributed by atoms with Crippen LogP contribution in [0, 0.1) is 0 Å². The van der Waals surface area contributed by atoms with E-state index in [0.29, 0.717) is 0 Å². The summed E-state index contributed by atoms with van der Waals surface area (Å²) in [5, 5.41) is 9.78. The van der Waals surface area contributed by atoms with E-state index < -0.39 is 17.6 Å². The molecule has 1 amide bonds. The topological polar surface area (TPSA) is 86.1 Å². The molecule has 1 heterocycles. The fraction of sp³-hybridized carbons (Fsp3) is 0.636. The van der Waals surface area contributed by atoms with Crippen LogP contribution in [0.1, 0.15) is 27.7 Å². The molecule has 0 fully saturated rings. The summed E-state index contributed by atoms with van der Waals surface area (Å²) in [7, 11) is 0. The molecule has 7 nitrogen and oxygen atoms in total. The number of aromatic nitrogens is 3. The molecule has 0 aliphatic carbocycles. The molecule has 1 N–H and O–H groups in total. The van der Waals surface area contributed by atoms with Gasteiger partial charge in [-0.15, -0.1) is 5.10 Å². The molecule has 1 aromatic rings. The third-order valence-corrected chi connectivity index (χ3v) is 1.92. The summed E-state index contributed by atoms with van der Waals surface area (Å²) in [4.78, 5) is 23.2. The summed E-state index contributed by atoms with van der Waals surface area (Å²) in [6, 6.07) is -0.694. The highest BCUT2D eigenvalue weighted by atomic mass is 16.6. The predicted octanol–water partition coefficient (Wildman–Crippen LogP) is 0.124. The molecule has 1 aromatic heterocycles. The van der Waals surface area contributed by atoms with Crippen LogP contribution in [0.4, 0.5) is 0 Å². The molecule has 100 valence electrons. The van der Waals surface area contributed by atoms with Crippen LogP contribution >= 0.6 is 0 Å². The van der Waals surface area contributed by atoms with E-state index in [1.165, 1.54) is 10.9 Å². The van der Waals surface area contributed by atoms with Gasteiger partial charge in [0.25, 0.3) is 0 Å². The molecular formula is C11H18N4O3. The van der Waals surface area contributed by atoms with Gasteiger partial charge in [0.05, 0.1) is 6.20 Å². The monoisotopic (exact) mass is 254 g/mol. The molecule has 0 saturated carbocycles. The fourth-order valence-electron chi connectivity index (χ4n) is 1.20. The average molecular weight is 254 g/mol. The number of nitrogens with zero attached hydrogens (tertiary/aromatic N) is 3. The predicted molar refractivity (Wildman–Crippen MR) is 63.5 cm³/mol. The van der Waals surface area contributed by atoms with Crippen molar-refractivity contribution in [2.24, 2.45) is 0 Å². The van der Waals surface area contributed by atoms with E-state index in [1.807, 2.05) is 0 Å². The van der Waals surface area contributed by atoms with Crippen molar-refractivity contribution in [2.75, 3.05) is 0 Å². The standard InChI is InChI=1S/C11H18N4O3/c1-8(10(17)18-11(2,3)4)13-9(16)7-15-6-5-12-14-15/h5-6,8H,7H2,1-4H3,(H,13,16)/t8-/m1/s1. The second kappa shape index (κ2) is 5.61. The Balaban J connectivity index is 2.42. The molecule has 0 aromatic carbocycles. The maximum atomic E-state index is 11.6. The van der Waals surface area contributed by atoms with Crippen LogP contribution in [0.15, 0.2) is 12.4 Å². The molecule has 0 radical (unpaired) electrons. The normalized spacial score (nSPS) is 12.9. The lowest BCUT2D eigenvalue weighted by Crippen LogP contribution is -2.43. The summed E-state index contributed by atoms with van der Waals surface area (Å²) >= 11 is 0. The number of rotatable bonds is 4. The lowest BCUT2D eigenvalue weighted by atomic mass is 10.2. The number of hydrogen-bond donors (Lipinski definition) is 1. The van der Waals surface area contributed by atoms with Gasteiger partial charge in [-0.05, 0) is 27.7 Å². The average Bonchev–Trinajstić information content (AvgIpc) is 2.67. The molecule has 1 rings (SSSR count). The van der Waals surface area contributed by atoms with Gasteiger partial charge in [0.15, 0.2) is 0 Å². The Bertz CT molecular complexity index is 408. The highest BCUT2D eigenvalue weighted by molar-refractivity contribution is 5.84. The van der Waals surface area contributed by atoms with Gasteiger partial charge in [-0.2, -0.15) is 0 Å². The van der Waals surface area contributed by atoms with Crippen LogP contribution in [0.3, 0.4) is 0 Å². The molecule has 0 saturated heterocycles. The van der Waals surface area contributed by atoms with Gasteiger partial charge in [0.2, 0.25) is 5.91 Å². The zero-order valence-electron chi connectivity index (χ0n) is 11.0. The Morgan fingerprint density at radius 1 is 1.44 bits per heavy atom. The zero-order chi connectivity index (χ0) is 13.8. The Morgan fingerprint density at radius 2 is 2.11 bits per heavy atom. The van der Waals surface area contributed by atoms with Crippen molar-refractivity contribution in [3.63, 3.8) is 0 Å². The van der Waals surface area contributed by atoms with Crippen LogP contribution in [0.2, 0.25) is 0 Å². The van der Waals surface area contributed by atoms with E-state index in [1.54, 1.807) is 33.9 Å². The lowest BCUT2D eigenvalue weighted by Gasteiger charge is -2.22. The first kappa shape index (κ1) is 14.1. The lowest BCUT2D eigenvalue weighted by molar-refractivity contribution is -0.158. The Hall–Kier alpha value is -1.92. The maximum Gasteiger partial charge on any atom is 0.328 e. The van der Waals surface area contributed by atoms with Crippen molar-refractivity contribution in [3.05, 3.63) is 12.4 Å². The third-order valence-electron chi connectivity index (χ3n) is 1.92. The van der Waals surface area contributed by atoms with Crippen molar-refractivity contribution in [1.29, 1.82) is 0 Å². The second-order valence-electron chi connectivity index (χ2n) is 4.92. The van der Waals surface area contributed by atoms with Gasteiger partial charge in [0, 0.05) is 6.20 Å². The molecular weight excluding hydrogens is 236 g/mol. The molecule has 0 unspecified atom stereocenters. The van der Waals surface area contributed by atoms with E-state index in [2.05, 4.69) is 15.6 Å². The number of nitrogens with one attached hydrogen (secondary N) is 1. The molecule has 7 heteroatoms. The minimum atomic E-state index is -0.694. The summed E-state index contributed by atoms with van der Waals surface area (Å²) in [6.07, 6.45) is 3.04. The maximum absolute atomic E-state index is 11.6. The number of ether oxygens (including phenoxy) is 1. The van der Waals surface area contributed by atoms with Crippen molar-refractivity contribution < 1.29 is 14.3 Å². The van der Waals surface area contributed by atoms with Crippen molar-refractivity contribution in [1.82, 2.24) is 20.3 Å². The zero-order valence-corrected chi connectivity index (χ0v) is 11.0. The number of carbonyl (C=O) groups excluding carboxylic acids is 2. The van der Waals surface area contributed by atoms with E-state index >= 15 is 0 Å². The van der Waals surface area contributed by atoms with Gasteiger partial charge in [0.1, 0.15) is 18.2 Å². The number of amides is 1. The quantitative estimate of drug-likeness (QED) is 0.771. The first-order valence-corrected chi connectivity index (χ1v) is 5.64. The molecule has 18 heavy (non-hydrogen) atoms. The molecule has 0 aliphatic heterocycles. The van der Waals surface area contributed by atoms with Gasteiger partial charge in [-0.1, -0.05) is 5.21 Å². The van der Waals surface area contributed by atoms with Gasteiger partial charge in [-0.25, -0.2) is 9.48 Å². The van der Waals surface area contributed by atoms with Crippen molar-refractivity contribution >= 4 is 11.9 Å². The van der Waals surface area contributed by atoms with E-state index in [-0.39, 0.29) is 12.5 Å². The highest BCUT2D eigenvalue weighted by Gasteiger charge is 2.22. The summed E-state index contributed by atoms with van der Waals surface area (Å²) in [6.45, 7) is 6.92. The Kier molecular flexibility index (Phi) is 4.41. The van der Waals surface area contributed by atoms with E-state index in [4.69, 9.17) is 4.74 Å². The van der Waals surface area contributed by atoms with Crippen LogP contribution in [-0.4, -0.2) is 38.5 Å². The Morgan fingerprint density at radius 3 is 2.61 bits per heavy atom. The first-order valence-electron chi connectivity index (χ1n) is 5.64. The van der Waals surface area contributed by atoms with Gasteiger partial charge >= 0.3 is 5.97 Å². The van der Waals surface area contributed by atoms with Crippen LogP contribution in [-0.2, 0) is 20.9 Å². The summed E-state index contributed by atoms with van der Waals surface area (Å²) in [5.74, 6) is -0.784. The largest absolute Gasteiger partial charge is 0.458 e. The fourth-order valence-corrected chi connectivity index (χ4v) is 1.20.